The van der Waals surface area contributed by atoms with Gasteiger partial charge in [-0.05, 0) is 31.6 Å². The van der Waals surface area contributed by atoms with Crippen LogP contribution in [0.2, 0.25) is 0 Å². The summed E-state index contributed by atoms with van der Waals surface area (Å²) in [5.74, 6) is 0.841. The average Bonchev–Trinajstić information content (AvgIpc) is 2.47. The van der Waals surface area contributed by atoms with Gasteiger partial charge in [0.25, 0.3) is 5.88 Å². The van der Waals surface area contributed by atoms with Gasteiger partial charge in [-0.3, -0.25) is 10.1 Å². The van der Waals surface area contributed by atoms with Gasteiger partial charge in [-0.25, -0.2) is 4.98 Å². The highest BCUT2D eigenvalue weighted by Crippen LogP contribution is 2.31. The van der Waals surface area contributed by atoms with Crippen LogP contribution in [0.3, 0.4) is 0 Å². The average molecular weight is 294 g/mol. The fourth-order valence-electron chi connectivity index (χ4n) is 2.49. The Morgan fingerprint density at radius 2 is 2.24 bits per heavy atom. The molecule has 21 heavy (non-hydrogen) atoms. The largest absolute Gasteiger partial charge is 0.469 e. The van der Waals surface area contributed by atoms with Crippen molar-refractivity contribution in [2.24, 2.45) is 5.92 Å². The lowest BCUT2D eigenvalue weighted by molar-refractivity contribution is -0.386. The third-order valence-electron chi connectivity index (χ3n) is 3.76. The van der Waals surface area contributed by atoms with E-state index in [9.17, 15) is 10.1 Å². The topological polar surface area (TPSA) is 90.2 Å². The summed E-state index contributed by atoms with van der Waals surface area (Å²) in [5.41, 5.74) is -0.171. The predicted octanol–water partition coefficient (Wildman–Crippen LogP) is 3.16. The Balaban J connectivity index is 2.19. The monoisotopic (exact) mass is 294 g/mol. The van der Waals surface area contributed by atoms with Gasteiger partial charge in [0.1, 0.15) is 12.3 Å². The zero-order chi connectivity index (χ0) is 15.2. The second-order valence-electron chi connectivity index (χ2n) is 5.49. The van der Waals surface area contributed by atoms with Crippen LogP contribution in [0.25, 0.3) is 0 Å². The van der Waals surface area contributed by atoms with Crippen molar-refractivity contribution in [3.05, 3.63) is 16.3 Å². The second kappa shape index (κ2) is 7.19. The Labute approximate surface area is 124 Å². The molecule has 0 radical (unpaired) electrons. The van der Waals surface area contributed by atoms with E-state index in [2.05, 4.69) is 22.2 Å². The molecule has 2 atom stereocenters. The van der Waals surface area contributed by atoms with Crippen LogP contribution < -0.4 is 10.1 Å². The van der Waals surface area contributed by atoms with Crippen molar-refractivity contribution >= 4 is 11.6 Å². The molecule has 1 aromatic rings. The van der Waals surface area contributed by atoms with Crippen molar-refractivity contribution in [1.82, 2.24) is 9.97 Å². The molecule has 1 aliphatic carbocycles. The molecule has 7 heteroatoms. The summed E-state index contributed by atoms with van der Waals surface area (Å²) < 4.78 is 5.85. The third-order valence-corrected chi connectivity index (χ3v) is 3.76. The van der Waals surface area contributed by atoms with Crippen LogP contribution in [0.4, 0.5) is 11.6 Å². The number of nitrogens with zero attached hydrogens (tertiary/aromatic N) is 3. The smallest absolute Gasteiger partial charge is 0.349 e. The third kappa shape index (κ3) is 4.03. The first-order valence-corrected chi connectivity index (χ1v) is 7.53. The van der Waals surface area contributed by atoms with E-state index >= 15 is 0 Å². The van der Waals surface area contributed by atoms with E-state index in [4.69, 9.17) is 4.74 Å². The molecule has 0 bridgehead atoms. The van der Waals surface area contributed by atoms with E-state index in [0.717, 1.165) is 32.2 Å². The van der Waals surface area contributed by atoms with Gasteiger partial charge in [0.2, 0.25) is 5.95 Å². The predicted molar refractivity (Wildman–Crippen MR) is 79.5 cm³/mol. The van der Waals surface area contributed by atoms with E-state index in [1.54, 1.807) is 0 Å². The molecule has 0 spiro atoms. The fraction of sp³-hybridized carbons (Fsp3) is 0.714. The quantitative estimate of drug-likeness (QED) is 0.640. The first kappa shape index (κ1) is 15.5. The zero-order valence-corrected chi connectivity index (χ0v) is 12.5. The first-order valence-electron chi connectivity index (χ1n) is 7.53. The van der Waals surface area contributed by atoms with Crippen LogP contribution >= 0.6 is 0 Å². The zero-order valence-electron chi connectivity index (χ0n) is 12.5. The van der Waals surface area contributed by atoms with E-state index in [1.165, 1.54) is 12.6 Å². The van der Waals surface area contributed by atoms with Gasteiger partial charge in [0, 0.05) is 6.54 Å². The minimum absolute atomic E-state index is 0.00799. The molecule has 0 amide bonds. The van der Waals surface area contributed by atoms with Gasteiger partial charge in [-0.15, -0.1) is 0 Å². The highest BCUT2D eigenvalue weighted by Gasteiger charge is 2.27. The molecular formula is C14H22N4O3. The van der Waals surface area contributed by atoms with E-state index in [0.29, 0.717) is 11.9 Å². The number of rotatable bonds is 6. The van der Waals surface area contributed by atoms with Crippen LogP contribution in [-0.2, 0) is 0 Å². The molecule has 7 nitrogen and oxygen atoms in total. The first-order chi connectivity index (χ1) is 10.1. The number of nitro groups is 1. The molecule has 1 aromatic heterocycles. The maximum Gasteiger partial charge on any atom is 0.349 e. The minimum Gasteiger partial charge on any atom is -0.469 e. The van der Waals surface area contributed by atoms with Gasteiger partial charge < -0.3 is 10.1 Å². The van der Waals surface area contributed by atoms with E-state index < -0.39 is 4.92 Å². The van der Waals surface area contributed by atoms with Gasteiger partial charge in [-0.1, -0.05) is 20.3 Å². The van der Waals surface area contributed by atoms with Gasteiger partial charge in [0.05, 0.1) is 4.92 Å². The maximum atomic E-state index is 11.1. The highest BCUT2D eigenvalue weighted by atomic mass is 16.6. The van der Waals surface area contributed by atoms with E-state index in [-0.39, 0.29) is 17.7 Å². The molecule has 2 unspecified atom stereocenters. The molecule has 1 heterocycles. The Morgan fingerprint density at radius 3 is 2.90 bits per heavy atom. The summed E-state index contributed by atoms with van der Waals surface area (Å²) in [6, 6.07) is 0. The number of nitrogens with one attached hydrogen (secondary N) is 1. The van der Waals surface area contributed by atoms with Crippen LogP contribution in [0.5, 0.6) is 5.88 Å². The Bertz CT molecular complexity index is 495. The number of hydrogen-bond donors (Lipinski definition) is 1. The Morgan fingerprint density at radius 1 is 1.48 bits per heavy atom. The summed E-state index contributed by atoms with van der Waals surface area (Å²) in [7, 11) is 0. The molecular weight excluding hydrogens is 272 g/mol. The van der Waals surface area contributed by atoms with Crippen molar-refractivity contribution in [1.29, 1.82) is 0 Å². The molecule has 2 rings (SSSR count). The summed E-state index contributed by atoms with van der Waals surface area (Å²) in [6.45, 7) is 4.86. The standard InChI is InChI=1S/C14H22N4O3/c1-3-8-15-14-16-9-11(18(19)20)13(17-14)21-12-7-5-4-6-10(12)2/h9-10,12H,3-8H2,1-2H3,(H,15,16,17). The van der Waals surface area contributed by atoms with Gasteiger partial charge in [-0.2, -0.15) is 4.98 Å². The number of aromatic nitrogens is 2. The van der Waals surface area contributed by atoms with Crippen molar-refractivity contribution in [2.75, 3.05) is 11.9 Å². The number of ether oxygens (including phenoxy) is 1. The maximum absolute atomic E-state index is 11.1. The summed E-state index contributed by atoms with van der Waals surface area (Å²) >= 11 is 0. The summed E-state index contributed by atoms with van der Waals surface area (Å²) in [5, 5.41) is 14.1. The van der Waals surface area contributed by atoms with Crippen molar-refractivity contribution in [3.63, 3.8) is 0 Å². The van der Waals surface area contributed by atoms with Crippen LogP contribution in [0.15, 0.2) is 6.20 Å². The van der Waals surface area contributed by atoms with Crippen molar-refractivity contribution in [3.8, 4) is 5.88 Å². The molecule has 0 aromatic carbocycles. The molecule has 0 aliphatic heterocycles. The molecule has 1 saturated carbocycles. The Hall–Kier alpha value is -1.92. The van der Waals surface area contributed by atoms with Crippen molar-refractivity contribution < 1.29 is 9.66 Å². The number of anilines is 1. The lowest BCUT2D eigenvalue weighted by Gasteiger charge is -2.28. The SMILES string of the molecule is CCCNc1ncc([N+](=O)[O-])c(OC2CCCCC2C)n1. The van der Waals surface area contributed by atoms with Crippen LogP contribution in [0, 0.1) is 16.0 Å². The summed E-state index contributed by atoms with van der Waals surface area (Å²) in [6.07, 6.45) is 6.42. The second-order valence-corrected chi connectivity index (χ2v) is 5.49. The molecule has 1 N–H and O–H groups in total. The molecule has 0 saturated heterocycles. The summed E-state index contributed by atoms with van der Waals surface area (Å²) in [4.78, 5) is 18.7. The molecule has 1 aliphatic rings. The molecule has 1 fully saturated rings. The van der Waals surface area contributed by atoms with Gasteiger partial charge >= 0.3 is 5.69 Å². The Kier molecular flexibility index (Phi) is 5.30. The number of hydrogen-bond acceptors (Lipinski definition) is 6. The van der Waals surface area contributed by atoms with E-state index in [1.807, 2.05) is 6.92 Å². The van der Waals surface area contributed by atoms with Gasteiger partial charge in [0.15, 0.2) is 0 Å². The lowest BCUT2D eigenvalue weighted by atomic mass is 9.88. The highest BCUT2D eigenvalue weighted by molar-refractivity contribution is 5.43. The van der Waals surface area contributed by atoms with Crippen LogP contribution in [-0.4, -0.2) is 27.5 Å². The lowest BCUT2D eigenvalue weighted by Crippen LogP contribution is -2.29. The fourth-order valence-corrected chi connectivity index (χ4v) is 2.49. The van der Waals surface area contributed by atoms with Crippen LogP contribution in [0.1, 0.15) is 46.0 Å². The van der Waals surface area contributed by atoms with Crippen molar-refractivity contribution in [2.45, 2.75) is 52.1 Å². The minimum atomic E-state index is -0.494. The molecule has 116 valence electrons. The normalized spacial score (nSPS) is 21.8.